The molecular formula is C18H21NO3. The number of carbonyl (C=O) groups is 2. The number of benzene rings is 2. The number of hydrogen-bond donors (Lipinski definition) is 2. The number of aliphatic hydroxyl groups is 1. The molecule has 0 heterocycles. The molecule has 1 unspecified atom stereocenters. The Morgan fingerprint density at radius 1 is 1.14 bits per heavy atom. The van der Waals surface area contributed by atoms with Crippen molar-refractivity contribution in [3.05, 3.63) is 48.0 Å². The van der Waals surface area contributed by atoms with Gasteiger partial charge in [0.2, 0.25) is 5.91 Å². The molecule has 2 rings (SSSR count). The van der Waals surface area contributed by atoms with E-state index in [2.05, 4.69) is 5.32 Å². The van der Waals surface area contributed by atoms with Crippen LogP contribution in [0.25, 0.3) is 10.8 Å². The number of nitrogens with one attached hydrogen (secondary N) is 1. The second kappa shape index (κ2) is 7.71. The first-order valence-corrected chi connectivity index (χ1v) is 7.53. The average Bonchev–Trinajstić information content (AvgIpc) is 2.53. The lowest BCUT2D eigenvalue weighted by atomic mass is 9.99. The summed E-state index contributed by atoms with van der Waals surface area (Å²) in [6.07, 6.45) is 0.103. The summed E-state index contributed by atoms with van der Waals surface area (Å²) in [7, 11) is 0. The van der Waals surface area contributed by atoms with Crippen LogP contribution in [0.3, 0.4) is 0 Å². The summed E-state index contributed by atoms with van der Waals surface area (Å²) >= 11 is 0. The van der Waals surface area contributed by atoms with Gasteiger partial charge in [0, 0.05) is 13.0 Å². The minimum atomic E-state index is -0.558. The summed E-state index contributed by atoms with van der Waals surface area (Å²) < 4.78 is 0. The molecule has 22 heavy (non-hydrogen) atoms. The number of carbonyl (C=O) groups excluding carboxylic acids is 2. The summed E-state index contributed by atoms with van der Waals surface area (Å²) in [5.41, 5.74) is 0.935. The number of hydrogen-bond acceptors (Lipinski definition) is 3. The molecule has 0 aliphatic carbocycles. The van der Waals surface area contributed by atoms with E-state index in [1.54, 1.807) is 0 Å². The number of Topliss-reactive ketones (excluding diaryl/α,β-unsaturated/α-hetero) is 1. The fourth-order valence-corrected chi connectivity index (χ4v) is 2.34. The van der Waals surface area contributed by atoms with E-state index >= 15 is 0 Å². The summed E-state index contributed by atoms with van der Waals surface area (Å²) in [5.74, 6) is -0.461. The maximum Gasteiger partial charge on any atom is 0.227 e. The number of aliphatic hydroxyl groups excluding tert-OH is 1. The maximum atomic E-state index is 12.1. The van der Waals surface area contributed by atoms with Gasteiger partial charge in [-0.2, -0.15) is 0 Å². The van der Waals surface area contributed by atoms with Crippen molar-refractivity contribution in [2.75, 3.05) is 6.54 Å². The molecule has 116 valence electrons. The molecule has 0 bridgehead atoms. The number of rotatable bonds is 7. The molecule has 0 fully saturated rings. The Morgan fingerprint density at radius 2 is 1.86 bits per heavy atom. The molecule has 2 N–H and O–H groups in total. The van der Waals surface area contributed by atoms with Crippen LogP contribution in [0.1, 0.15) is 25.3 Å². The van der Waals surface area contributed by atoms with E-state index in [-0.39, 0.29) is 31.1 Å². The van der Waals surface area contributed by atoms with Crippen LogP contribution < -0.4 is 5.32 Å². The summed E-state index contributed by atoms with van der Waals surface area (Å²) in [6, 6.07) is 13.7. The van der Waals surface area contributed by atoms with Gasteiger partial charge in [-0.1, -0.05) is 49.4 Å². The van der Waals surface area contributed by atoms with Crippen LogP contribution in [0.2, 0.25) is 0 Å². The monoisotopic (exact) mass is 299 g/mol. The van der Waals surface area contributed by atoms with Crippen molar-refractivity contribution in [1.82, 2.24) is 5.32 Å². The molecule has 0 spiro atoms. The van der Waals surface area contributed by atoms with Gasteiger partial charge in [0.05, 0.1) is 12.5 Å². The fourth-order valence-electron chi connectivity index (χ4n) is 2.34. The third kappa shape index (κ3) is 4.40. The summed E-state index contributed by atoms with van der Waals surface area (Å²) in [5, 5.41) is 14.1. The lowest BCUT2D eigenvalue weighted by Gasteiger charge is -2.09. The largest absolute Gasteiger partial charge is 0.391 e. The van der Waals surface area contributed by atoms with Gasteiger partial charge in [0.1, 0.15) is 5.78 Å². The predicted octanol–water partition coefficient (Wildman–Crippen LogP) is 2.23. The van der Waals surface area contributed by atoms with Crippen LogP contribution in [0.5, 0.6) is 0 Å². The van der Waals surface area contributed by atoms with Crippen LogP contribution >= 0.6 is 0 Å². The van der Waals surface area contributed by atoms with Crippen LogP contribution in [0, 0.1) is 0 Å². The van der Waals surface area contributed by atoms with E-state index in [4.69, 9.17) is 0 Å². The smallest absolute Gasteiger partial charge is 0.227 e. The molecule has 1 atom stereocenters. The Hall–Kier alpha value is -2.20. The predicted molar refractivity (Wildman–Crippen MR) is 86.6 cm³/mol. The Bertz CT molecular complexity index is 661. The highest BCUT2D eigenvalue weighted by Crippen LogP contribution is 2.19. The van der Waals surface area contributed by atoms with Crippen molar-refractivity contribution in [1.29, 1.82) is 0 Å². The van der Waals surface area contributed by atoms with E-state index in [1.165, 1.54) is 0 Å². The molecule has 0 saturated heterocycles. The van der Waals surface area contributed by atoms with Crippen LogP contribution in [-0.2, 0) is 16.0 Å². The van der Waals surface area contributed by atoms with Gasteiger partial charge in [-0.3, -0.25) is 9.59 Å². The molecule has 0 saturated carbocycles. The lowest BCUT2D eigenvalue weighted by Crippen LogP contribution is -2.33. The van der Waals surface area contributed by atoms with Crippen molar-refractivity contribution in [2.45, 2.75) is 32.3 Å². The standard InChI is InChI=1S/C18H21NO3/c1-2-15(20)12-19-18(22)11-16(21)10-14-8-5-7-13-6-3-4-9-17(13)14/h3-9,15,20H,2,10-12H2,1H3,(H,19,22). The minimum absolute atomic E-state index is 0.125. The average molecular weight is 299 g/mol. The van der Waals surface area contributed by atoms with Crippen molar-refractivity contribution in [2.24, 2.45) is 0 Å². The molecule has 1 amide bonds. The molecule has 2 aromatic carbocycles. The molecule has 0 aliphatic rings. The Balaban J connectivity index is 1.95. The number of fused-ring (bicyclic) bond motifs is 1. The van der Waals surface area contributed by atoms with Crippen LogP contribution in [-0.4, -0.2) is 29.4 Å². The van der Waals surface area contributed by atoms with Gasteiger partial charge in [-0.25, -0.2) is 0 Å². The first kappa shape index (κ1) is 16.2. The lowest BCUT2D eigenvalue weighted by molar-refractivity contribution is -0.128. The highest BCUT2D eigenvalue weighted by molar-refractivity contribution is 6.00. The topological polar surface area (TPSA) is 66.4 Å². The summed E-state index contributed by atoms with van der Waals surface area (Å²) in [6.45, 7) is 2.03. The molecule has 2 aromatic rings. The van der Waals surface area contributed by atoms with Gasteiger partial charge >= 0.3 is 0 Å². The SMILES string of the molecule is CCC(O)CNC(=O)CC(=O)Cc1cccc2ccccc12. The highest BCUT2D eigenvalue weighted by Gasteiger charge is 2.12. The van der Waals surface area contributed by atoms with Crippen LogP contribution in [0.15, 0.2) is 42.5 Å². The molecule has 4 nitrogen and oxygen atoms in total. The van der Waals surface area contributed by atoms with Crippen molar-refractivity contribution in [3.63, 3.8) is 0 Å². The Labute approximate surface area is 130 Å². The van der Waals surface area contributed by atoms with Gasteiger partial charge < -0.3 is 10.4 Å². The van der Waals surface area contributed by atoms with E-state index in [1.807, 2.05) is 49.4 Å². The van der Waals surface area contributed by atoms with E-state index < -0.39 is 6.10 Å². The van der Waals surface area contributed by atoms with Gasteiger partial charge in [0.25, 0.3) is 0 Å². The molecule has 0 radical (unpaired) electrons. The van der Waals surface area contributed by atoms with Crippen LogP contribution in [0.4, 0.5) is 0 Å². The first-order valence-electron chi connectivity index (χ1n) is 7.53. The van der Waals surface area contributed by atoms with Gasteiger partial charge in [-0.15, -0.1) is 0 Å². The van der Waals surface area contributed by atoms with E-state index in [9.17, 15) is 14.7 Å². The van der Waals surface area contributed by atoms with Crippen molar-refractivity contribution < 1.29 is 14.7 Å². The first-order chi connectivity index (χ1) is 10.6. The third-order valence-corrected chi connectivity index (χ3v) is 3.63. The fraction of sp³-hybridized carbons (Fsp3) is 0.333. The van der Waals surface area contributed by atoms with E-state index in [0.717, 1.165) is 16.3 Å². The maximum absolute atomic E-state index is 12.1. The second-order valence-electron chi connectivity index (χ2n) is 5.40. The second-order valence-corrected chi connectivity index (χ2v) is 5.40. The number of amides is 1. The highest BCUT2D eigenvalue weighted by atomic mass is 16.3. The van der Waals surface area contributed by atoms with Gasteiger partial charge in [0.15, 0.2) is 0 Å². The number of ketones is 1. The Kier molecular flexibility index (Phi) is 5.67. The zero-order chi connectivity index (χ0) is 15.9. The zero-order valence-electron chi connectivity index (χ0n) is 12.7. The van der Waals surface area contributed by atoms with Crippen molar-refractivity contribution in [3.8, 4) is 0 Å². The van der Waals surface area contributed by atoms with E-state index in [0.29, 0.717) is 6.42 Å². The Morgan fingerprint density at radius 3 is 2.64 bits per heavy atom. The normalized spacial score (nSPS) is 12.1. The molecular weight excluding hydrogens is 278 g/mol. The molecule has 0 aromatic heterocycles. The summed E-state index contributed by atoms with van der Waals surface area (Å²) in [4.78, 5) is 23.7. The van der Waals surface area contributed by atoms with Gasteiger partial charge in [-0.05, 0) is 22.8 Å². The minimum Gasteiger partial charge on any atom is -0.391 e. The molecule has 0 aliphatic heterocycles. The third-order valence-electron chi connectivity index (χ3n) is 3.63. The van der Waals surface area contributed by atoms with Crippen molar-refractivity contribution >= 4 is 22.5 Å². The molecule has 4 heteroatoms. The quantitative estimate of drug-likeness (QED) is 0.770. The zero-order valence-corrected chi connectivity index (χ0v) is 12.7.